The SMILES string of the molecule is CCCC(NC(=O)C(C)(C)NC(=O)OC(C)(C)C)C(=O)Nc1cn(C(C(=O)N2CCC(C)CC2)c2ccccc2)cn1. The van der Waals surface area contributed by atoms with Crippen molar-refractivity contribution in [2.24, 2.45) is 5.92 Å². The van der Waals surface area contributed by atoms with Crippen LogP contribution in [-0.4, -0.2) is 68.5 Å². The number of nitrogens with one attached hydrogen (secondary N) is 3. The zero-order valence-electron chi connectivity index (χ0n) is 25.9. The molecule has 42 heavy (non-hydrogen) atoms. The first-order valence-electron chi connectivity index (χ1n) is 14.7. The third kappa shape index (κ3) is 9.06. The van der Waals surface area contributed by atoms with E-state index in [2.05, 4.69) is 27.9 Å². The van der Waals surface area contributed by atoms with Crippen LogP contribution in [0, 0.1) is 5.92 Å². The Morgan fingerprint density at radius 2 is 1.69 bits per heavy atom. The number of carbonyl (C=O) groups excluding carboxylic acids is 4. The summed E-state index contributed by atoms with van der Waals surface area (Å²) in [7, 11) is 0. The Kier molecular flexibility index (Phi) is 10.8. The van der Waals surface area contributed by atoms with Gasteiger partial charge in [0.15, 0.2) is 5.82 Å². The van der Waals surface area contributed by atoms with E-state index < -0.39 is 41.1 Å². The van der Waals surface area contributed by atoms with E-state index in [0.717, 1.165) is 18.4 Å². The van der Waals surface area contributed by atoms with Gasteiger partial charge >= 0.3 is 6.09 Å². The molecule has 0 radical (unpaired) electrons. The number of hydrogen-bond donors (Lipinski definition) is 3. The first-order valence-corrected chi connectivity index (χ1v) is 14.7. The molecule has 1 aromatic heterocycles. The lowest BCUT2D eigenvalue weighted by Gasteiger charge is -2.33. The topological polar surface area (TPSA) is 135 Å². The number of nitrogens with zero attached hydrogens (tertiary/aromatic N) is 3. The molecular weight excluding hydrogens is 536 g/mol. The number of rotatable bonds is 10. The van der Waals surface area contributed by atoms with Gasteiger partial charge in [0.2, 0.25) is 17.7 Å². The summed E-state index contributed by atoms with van der Waals surface area (Å²) in [5, 5.41) is 8.10. The van der Waals surface area contributed by atoms with Crippen molar-refractivity contribution in [1.82, 2.24) is 25.1 Å². The number of likely N-dealkylation sites (tertiary alicyclic amines) is 1. The number of alkyl carbamates (subject to hydrolysis) is 1. The maximum Gasteiger partial charge on any atom is 0.408 e. The zero-order chi connectivity index (χ0) is 31.1. The summed E-state index contributed by atoms with van der Waals surface area (Å²) in [6.07, 6.45) is 5.38. The second kappa shape index (κ2) is 13.8. The minimum absolute atomic E-state index is 0.0146. The van der Waals surface area contributed by atoms with Crippen molar-refractivity contribution in [3.8, 4) is 0 Å². The van der Waals surface area contributed by atoms with Gasteiger partial charge in [-0.2, -0.15) is 0 Å². The molecule has 2 atom stereocenters. The number of ether oxygens (including phenoxy) is 1. The smallest absolute Gasteiger partial charge is 0.408 e. The molecule has 1 aliphatic rings. The minimum Gasteiger partial charge on any atom is -0.444 e. The first-order chi connectivity index (χ1) is 19.7. The minimum atomic E-state index is -1.33. The third-order valence-corrected chi connectivity index (χ3v) is 7.18. The maximum absolute atomic E-state index is 13.7. The highest BCUT2D eigenvalue weighted by molar-refractivity contribution is 5.98. The van der Waals surface area contributed by atoms with Gasteiger partial charge in [-0.3, -0.25) is 14.4 Å². The van der Waals surface area contributed by atoms with Gasteiger partial charge in [0.1, 0.15) is 23.2 Å². The normalized spacial score (nSPS) is 15.8. The summed E-state index contributed by atoms with van der Waals surface area (Å²) < 4.78 is 6.98. The summed E-state index contributed by atoms with van der Waals surface area (Å²) >= 11 is 0. The third-order valence-electron chi connectivity index (χ3n) is 7.18. The molecule has 1 fully saturated rings. The molecule has 1 saturated heterocycles. The Hall–Kier alpha value is -3.89. The van der Waals surface area contributed by atoms with E-state index in [9.17, 15) is 19.2 Å². The molecule has 4 amide bonds. The second-order valence-electron chi connectivity index (χ2n) is 12.6. The number of aromatic nitrogens is 2. The van der Waals surface area contributed by atoms with Crippen molar-refractivity contribution < 1.29 is 23.9 Å². The average Bonchev–Trinajstić information content (AvgIpc) is 3.35. The Labute approximate surface area is 248 Å². The van der Waals surface area contributed by atoms with Crippen LogP contribution >= 0.6 is 0 Å². The molecule has 2 aromatic rings. The van der Waals surface area contributed by atoms with E-state index in [0.29, 0.717) is 31.8 Å². The monoisotopic (exact) mass is 582 g/mol. The van der Waals surface area contributed by atoms with Crippen LogP contribution in [0.3, 0.4) is 0 Å². The second-order valence-corrected chi connectivity index (χ2v) is 12.6. The van der Waals surface area contributed by atoms with Gasteiger partial charge in [0.25, 0.3) is 0 Å². The molecule has 0 aliphatic carbocycles. The molecule has 0 spiro atoms. The molecule has 0 saturated carbocycles. The molecule has 0 bridgehead atoms. The maximum atomic E-state index is 13.7. The van der Waals surface area contributed by atoms with Crippen molar-refractivity contribution >= 4 is 29.6 Å². The Morgan fingerprint density at radius 1 is 1.05 bits per heavy atom. The largest absolute Gasteiger partial charge is 0.444 e. The number of carbonyl (C=O) groups is 4. The van der Waals surface area contributed by atoms with Gasteiger partial charge in [-0.25, -0.2) is 9.78 Å². The lowest BCUT2D eigenvalue weighted by atomic mass is 9.97. The van der Waals surface area contributed by atoms with Crippen LogP contribution in [-0.2, 0) is 19.1 Å². The van der Waals surface area contributed by atoms with Crippen LogP contribution in [0.2, 0.25) is 0 Å². The fourth-order valence-electron chi connectivity index (χ4n) is 4.75. The predicted molar refractivity (Wildman–Crippen MR) is 161 cm³/mol. The van der Waals surface area contributed by atoms with Crippen molar-refractivity contribution in [3.63, 3.8) is 0 Å². The number of imidazole rings is 1. The number of piperidine rings is 1. The summed E-state index contributed by atoms with van der Waals surface area (Å²) in [5.74, 6) is -0.134. The van der Waals surface area contributed by atoms with E-state index in [1.165, 1.54) is 0 Å². The molecule has 11 heteroatoms. The lowest BCUT2D eigenvalue weighted by Crippen LogP contribution is -2.58. The molecule has 2 heterocycles. The van der Waals surface area contributed by atoms with Crippen molar-refractivity contribution in [1.29, 1.82) is 0 Å². The summed E-state index contributed by atoms with van der Waals surface area (Å²) in [6.45, 7) is 13.8. The molecule has 11 nitrogen and oxygen atoms in total. The highest BCUT2D eigenvalue weighted by atomic mass is 16.6. The first kappa shape index (κ1) is 32.6. The highest BCUT2D eigenvalue weighted by Crippen LogP contribution is 2.26. The van der Waals surface area contributed by atoms with Crippen molar-refractivity contribution in [3.05, 3.63) is 48.4 Å². The Balaban J connectivity index is 1.73. The van der Waals surface area contributed by atoms with Gasteiger partial charge in [0, 0.05) is 19.3 Å². The Bertz CT molecular complexity index is 1230. The Morgan fingerprint density at radius 3 is 2.29 bits per heavy atom. The van der Waals surface area contributed by atoms with Crippen LogP contribution < -0.4 is 16.0 Å². The van der Waals surface area contributed by atoms with E-state index in [4.69, 9.17) is 4.74 Å². The summed E-state index contributed by atoms with van der Waals surface area (Å²) in [5.41, 5.74) is -1.22. The van der Waals surface area contributed by atoms with Crippen LogP contribution in [0.5, 0.6) is 0 Å². The van der Waals surface area contributed by atoms with Crippen LogP contribution in [0.15, 0.2) is 42.9 Å². The van der Waals surface area contributed by atoms with Gasteiger partial charge in [0.05, 0.1) is 6.33 Å². The molecule has 3 rings (SSSR count). The van der Waals surface area contributed by atoms with E-state index in [1.54, 1.807) is 51.7 Å². The molecule has 2 unspecified atom stereocenters. The van der Waals surface area contributed by atoms with Gasteiger partial charge < -0.3 is 30.2 Å². The average molecular weight is 583 g/mol. The predicted octanol–water partition coefficient (Wildman–Crippen LogP) is 4.26. The molecule has 3 N–H and O–H groups in total. The fraction of sp³-hybridized carbons (Fsp3) is 0.581. The number of anilines is 1. The van der Waals surface area contributed by atoms with Gasteiger partial charge in [-0.05, 0) is 65.4 Å². The summed E-state index contributed by atoms with van der Waals surface area (Å²) in [6, 6.07) is 8.02. The van der Waals surface area contributed by atoms with Crippen LogP contribution in [0.1, 0.15) is 85.8 Å². The quantitative estimate of drug-likeness (QED) is 0.383. The molecule has 1 aliphatic heterocycles. The number of benzene rings is 1. The summed E-state index contributed by atoms with van der Waals surface area (Å²) in [4.78, 5) is 58.6. The number of amides is 4. The van der Waals surface area contributed by atoms with E-state index in [-0.39, 0.29) is 11.7 Å². The lowest BCUT2D eigenvalue weighted by molar-refractivity contribution is -0.135. The van der Waals surface area contributed by atoms with Crippen molar-refractivity contribution in [2.45, 2.75) is 97.4 Å². The molecule has 230 valence electrons. The fourth-order valence-corrected chi connectivity index (χ4v) is 4.75. The molecule has 1 aromatic carbocycles. The van der Waals surface area contributed by atoms with Gasteiger partial charge in [-0.1, -0.05) is 50.6 Å². The zero-order valence-corrected chi connectivity index (χ0v) is 25.9. The highest BCUT2D eigenvalue weighted by Gasteiger charge is 2.35. The van der Waals surface area contributed by atoms with Gasteiger partial charge in [-0.15, -0.1) is 0 Å². The van der Waals surface area contributed by atoms with Crippen LogP contribution in [0.4, 0.5) is 10.6 Å². The van der Waals surface area contributed by atoms with Crippen LogP contribution in [0.25, 0.3) is 0 Å². The van der Waals surface area contributed by atoms with E-state index in [1.807, 2.05) is 42.2 Å². The molecular formula is C31H46N6O5. The number of hydrogen-bond acceptors (Lipinski definition) is 6. The standard InChI is InChI=1S/C31H46N6O5/c1-8-12-23(33-28(40)31(6,7)35-29(41)42-30(3,4)5)26(38)34-24-19-37(20-32-24)25(22-13-10-9-11-14-22)27(39)36-17-15-21(2)16-18-36/h9-11,13-14,19-21,23,25H,8,12,15-18H2,1-7H3,(H,33,40)(H,34,38)(H,35,41). The van der Waals surface area contributed by atoms with Crippen molar-refractivity contribution in [2.75, 3.05) is 18.4 Å². The van der Waals surface area contributed by atoms with E-state index >= 15 is 0 Å².